The van der Waals surface area contributed by atoms with Gasteiger partial charge in [-0.15, -0.1) is 5.10 Å². The standard InChI is InChI=1S/C29H32BClFN7/c1-4-5-25(17(2)3)35-27-18(14-33)15-34-28-23(27)12-21(13-24(28)31)36-29(30,19-6-8-20(32)9-7-19)26-16-39(38-37-26)22-10-11-22/h6-9,12-13,15-17,22,25,36H,4-5,10-11,30H2,1-3H3,(H,34,35)/t25-,29?/m0/s1. The molecule has 2 aromatic heterocycles. The van der Waals surface area contributed by atoms with Gasteiger partial charge in [-0.25, -0.2) is 9.07 Å². The van der Waals surface area contributed by atoms with E-state index in [4.69, 9.17) is 11.6 Å². The largest absolute Gasteiger partial charge is 0.380 e. The van der Waals surface area contributed by atoms with E-state index in [0.717, 1.165) is 48.0 Å². The van der Waals surface area contributed by atoms with Crippen molar-refractivity contribution in [2.24, 2.45) is 5.92 Å². The van der Waals surface area contributed by atoms with Crippen molar-refractivity contribution >= 4 is 41.7 Å². The van der Waals surface area contributed by atoms with E-state index in [1.165, 1.54) is 12.1 Å². The van der Waals surface area contributed by atoms with Crippen LogP contribution in [-0.4, -0.2) is 33.9 Å². The molecule has 10 heteroatoms. The average Bonchev–Trinajstić information content (AvgIpc) is 3.64. The van der Waals surface area contributed by atoms with Gasteiger partial charge >= 0.3 is 0 Å². The van der Waals surface area contributed by atoms with Crippen molar-refractivity contribution in [3.8, 4) is 6.07 Å². The molecular formula is C29H32BClFN7. The van der Waals surface area contributed by atoms with E-state index < -0.39 is 5.44 Å². The second-order valence-corrected chi connectivity index (χ2v) is 11.3. The predicted molar refractivity (Wildman–Crippen MR) is 156 cm³/mol. The molecule has 0 aliphatic heterocycles. The Balaban J connectivity index is 1.62. The van der Waals surface area contributed by atoms with Crippen molar-refractivity contribution in [1.29, 1.82) is 5.26 Å². The first kappa shape index (κ1) is 27.0. The molecule has 2 N–H and O–H groups in total. The molecule has 39 heavy (non-hydrogen) atoms. The van der Waals surface area contributed by atoms with Crippen LogP contribution in [0.2, 0.25) is 5.02 Å². The summed E-state index contributed by atoms with van der Waals surface area (Å²) in [5.41, 5.74) is 3.22. The molecule has 0 radical (unpaired) electrons. The summed E-state index contributed by atoms with van der Waals surface area (Å²) >= 11 is 6.79. The summed E-state index contributed by atoms with van der Waals surface area (Å²) in [6.07, 6.45) is 7.69. The van der Waals surface area contributed by atoms with E-state index in [1.807, 2.05) is 30.9 Å². The highest BCUT2D eigenvalue weighted by molar-refractivity contribution is 6.36. The van der Waals surface area contributed by atoms with Crippen LogP contribution >= 0.6 is 11.6 Å². The molecule has 4 aromatic rings. The molecule has 7 nitrogen and oxygen atoms in total. The van der Waals surface area contributed by atoms with Crippen LogP contribution in [0.1, 0.15) is 69.3 Å². The number of pyridine rings is 1. The number of hydrogen-bond acceptors (Lipinski definition) is 6. The van der Waals surface area contributed by atoms with Gasteiger partial charge in [-0.2, -0.15) is 5.26 Å². The Labute approximate surface area is 234 Å². The molecule has 1 aliphatic carbocycles. The second kappa shape index (κ2) is 10.9. The highest BCUT2D eigenvalue weighted by Gasteiger charge is 2.34. The minimum Gasteiger partial charge on any atom is -0.380 e. The Morgan fingerprint density at radius 3 is 2.64 bits per heavy atom. The van der Waals surface area contributed by atoms with Crippen molar-refractivity contribution in [2.75, 3.05) is 10.6 Å². The first-order valence-electron chi connectivity index (χ1n) is 13.5. The fraction of sp³-hybridized carbons (Fsp3) is 0.379. The lowest BCUT2D eigenvalue weighted by Gasteiger charge is -2.31. The lowest BCUT2D eigenvalue weighted by Crippen LogP contribution is -2.37. The maximum atomic E-state index is 13.9. The third-order valence-corrected chi connectivity index (χ3v) is 7.83. The van der Waals surface area contributed by atoms with Crippen molar-refractivity contribution < 1.29 is 4.39 Å². The fourth-order valence-corrected chi connectivity index (χ4v) is 5.29. The van der Waals surface area contributed by atoms with Gasteiger partial charge in [-0.3, -0.25) is 4.98 Å². The van der Waals surface area contributed by atoms with Crippen LogP contribution in [-0.2, 0) is 5.44 Å². The molecule has 2 atom stereocenters. The van der Waals surface area contributed by atoms with Gasteiger partial charge in [-0.05, 0) is 55.0 Å². The van der Waals surface area contributed by atoms with Gasteiger partial charge in [0.05, 0.1) is 39.5 Å². The maximum Gasteiger partial charge on any atom is 0.148 e. The molecule has 0 bridgehead atoms. The fourth-order valence-electron chi connectivity index (χ4n) is 5.02. The van der Waals surface area contributed by atoms with E-state index in [0.29, 0.717) is 33.8 Å². The maximum absolute atomic E-state index is 13.9. The van der Waals surface area contributed by atoms with E-state index >= 15 is 0 Å². The molecule has 2 heterocycles. The summed E-state index contributed by atoms with van der Waals surface area (Å²) in [7, 11) is 2.00. The van der Waals surface area contributed by atoms with E-state index in [1.54, 1.807) is 18.3 Å². The van der Waals surface area contributed by atoms with Crippen LogP contribution in [0.15, 0.2) is 48.8 Å². The number of halogens is 2. The zero-order chi connectivity index (χ0) is 27.7. The lowest BCUT2D eigenvalue weighted by atomic mass is 9.69. The Bertz CT molecular complexity index is 1530. The summed E-state index contributed by atoms with van der Waals surface area (Å²) in [6, 6.07) is 13.0. The molecule has 1 aliphatic rings. The summed E-state index contributed by atoms with van der Waals surface area (Å²) in [4.78, 5) is 4.51. The van der Waals surface area contributed by atoms with Crippen LogP contribution in [0.25, 0.3) is 10.9 Å². The summed E-state index contributed by atoms with van der Waals surface area (Å²) < 4.78 is 15.8. The zero-order valence-electron chi connectivity index (χ0n) is 22.7. The third-order valence-electron chi connectivity index (χ3n) is 7.54. The summed E-state index contributed by atoms with van der Waals surface area (Å²) in [6.45, 7) is 6.50. The van der Waals surface area contributed by atoms with Gasteiger partial charge in [0.2, 0.25) is 0 Å². The van der Waals surface area contributed by atoms with Crippen LogP contribution in [0.4, 0.5) is 15.8 Å². The SMILES string of the molecule is BC(Nc1cc(Cl)c2ncc(C#N)c(N[C@@H](CCC)C(C)C)c2c1)(c1ccc(F)cc1)c1cn(C2CC2)nn1. The summed E-state index contributed by atoms with van der Waals surface area (Å²) in [5, 5.41) is 27.3. The number of fused-ring (bicyclic) bond motifs is 1. The Morgan fingerprint density at radius 2 is 2.00 bits per heavy atom. The molecule has 1 saturated carbocycles. The molecule has 0 spiro atoms. The van der Waals surface area contributed by atoms with E-state index in [-0.39, 0.29) is 11.9 Å². The smallest absolute Gasteiger partial charge is 0.148 e. The Kier molecular flexibility index (Phi) is 7.50. The van der Waals surface area contributed by atoms with Crippen molar-refractivity contribution in [3.63, 3.8) is 0 Å². The molecular weight excluding hydrogens is 512 g/mol. The average molecular weight is 544 g/mol. The van der Waals surface area contributed by atoms with Gasteiger partial charge < -0.3 is 10.6 Å². The van der Waals surface area contributed by atoms with Crippen molar-refractivity contribution in [2.45, 2.75) is 64.0 Å². The van der Waals surface area contributed by atoms with E-state index in [9.17, 15) is 9.65 Å². The molecule has 200 valence electrons. The normalized spacial score (nSPS) is 15.6. The number of aromatic nitrogens is 4. The van der Waals surface area contributed by atoms with Gasteiger partial charge in [0.25, 0.3) is 0 Å². The van der Waals surface area contributed by atoms with Gasteiger partial charge in [0, 0.05) is 23.3 Å². The number of nitrogens with zero attached hydrogens (tertiary/aromatic N) is 5. The summed E-state index contributed by atoms with van der Waals surface area (Å²) in [5.74, 6) is 0.0569. The molecule has 2 aromatic carbocycles. The number of anilines is 2. The number of hydrogen-bond donors (Lipinski definition) is 2. The van der Waals surface area contributed by atoms with Crippen LogP contribution < -0.4 is 10.6 Å². The van der Waals surface area contributed by atoms with Crippen LogP contribution in [0, 0.1) is 23.1 Å². The number of nitrogens with one attached hydrogen (secondary N) is 2. The highest BCUT2D eigenvalue weighted by atomic mass is 35.5. The number of benzene rings is 2. The quantitative estimate of drug-likeness (QED) is 0.238. The lowest BCUT2D eigenvalue weighted by molar-refractivity contribution is 0.489. The van der Waals surface area contributed by atoms with Gasteiger partial charge in [0.15, 0.2) is 0 Å². The Hall–Kier alpha value is -3.64. The Morgan fingerprint density at radius 1 is 1.26 bits per heavy atom. The number of nitriles is 1. The van der Waals surface area contributed by atoms with Crippen molar-refractivity contribution in [1.82, 2.24) is 20.0 Å². The number of rotatable bonds is 10. The molecule has 0 saturated heterocycles. The van der Waals surface area contributed by atoms with E-state index in [2.05, 4.69) is 52.8 Å². The highest BCUT2D eigenvalue weighted by Crippen LogP contribution is 2.39. The first-order valence-corrected chi connectivity index (χ1v) is 13.9. The topological polar surface area (TPSA) is 91.5 Å². The molecule has 0 amide bonds. The minimum atomic E-state index is -0.839. The minimum absolute atomic E-state index is 0.185. The first-order chi connectivity index (χ1) is 18.7. The third kappa shape index (κ3) is 5.44. The molecule has 5 rings (SSSR count). The molecule has 1 unspecified atom stereocenters. The van der Waals surface area contributed by atoms with Crippen LogP contribution in [0.3, 0.4) is 0 Å². The van der Waals surface area contributed by atoms with Gasteiger partial charge in [-0.1, -0.05) is 56.1 Å². The second-order valence-electron chi connectivity index (χ2n) is 10.9. The predicted octanol–water partition coefficient (Wildman–Crippen LogP) is 6.01. The van der Waals surface area contributed by atoms with Crippen LogP contribution in [0.5, 0.6) is 0 Å². The zero-order valence-corrected chi connectivity index (χ0v) is 23.4. The monoisotopic (exact) mass is 543 g/mol. The van der Waals surface area contributed by atoms with Crippen molar-refractivity contribution in [3.05, 3.63) is 76.5 Å². The van der Waals surface area contributed by atoms with Gasteiger partial charge in [0.1, 0.15) is 25.4 Å². The molecule has 1 fully saturated rings.